The number of para-hydroxylation sites is 1. The Labute approximate surface area is 174 Å². The molecular weight excluding hydrogens is 380 g/mol. The van der Waals surface area contributed by atoms with E-state index in [2.05, 4.69) is 39.5 Å². The van der Waals surface area contributed by atoms with Crippen LogP contribution in [0.2, 0.25) is 0 Å². The van der Waals surface area contributed by atoms with E-state index in [1.54, 1.807) is 11.3 Å². The van der Waals surface area contributed by atoms with Gasteiger partial charge in [0.1, 0.15) is 12.3 Å². The topological polar surface area (TPSA) is 43.3 Å². The van der Waals surface area contributed by atoms with Gasteiger partial charge in [-0.25, -0.2) is 0 Å². The van der Waals surface area contributed by atoms with Gasteiger partial charge in [0.15, 0.2) is 0 Å². The number of carbonyl (C=O) groups excluding carboxylic acids is 1. The van der Waals surface area contributed by atoms with E-state index in [4.69, 9.17) is 4.74 Å². The minimum atomic E-state index is -0.00772. The molecule has 0 bridgehead atoms. The number of nitrogens with zero attached hydrogens (tertiary/aromatic N) is 1. The quantitative estimate of drug-likeness (QED) is 0.444. The maximum absolute atomic E-state index is 12.7. The Morgan fingerprint density at radius 2 is 1.86 bits per heavy atom. The van der Waals surface area contributed by atoms with Crippen molar-refractivity contribution in [2.75, 3.05) is 0 Å². The predicted molar refractivity (Wildman–Crippen MR) is 119 cm³/mol. The fourth-order valence-corrected chi connectivity index (χ4v) is 4.12. The molecule has 4 rings (SSSR count). The first-order valence-corrected chi connectivity index (χ1v) is 10.6. The van der Waals surface area contributed by atoms with Crippen molar-refractivity contribution >= 4 is 28.1 Å². The third kappa shape index (κ3) is 4.51. The molecule has 5 heteroatoms. The molecule has 2 heterocycles. The minimum Gasteiger partial charge on any atom is -0.491 e. The van der Waals surface area contributed by atoms with Crippen molar-refractivity contribution in [2.24, 2.45) is 0 Å². The van der Waals surface area contributed by atoms with Crippen LogP contribution in [0.15, 0.2) is 72.1 Å². The van der Waals surface area contributed by atoms with Gasteiger partial charge < -0.3 is 14.6 Å². The Kier molecular flexibility index (Phi) is 5.67. The zero-order chi connectivity index (χ0) is 20.2. The van der Waals surface area contributed by atoms with E-state index in [9.17, 15) is 4.79 Å². The molecule has 0 atom stereocenters. The fourth-order valence-electron chi connectivity index (χ4n) is 3.37. The van der Waals surface area contributed by atoms with Crippen molar-refractivity contribution < 1.29 is 9.53 Å². The second-order valence-corrected chi connectivity index (χ2v) is 8.19. The van der Waals surface area contributed by atoms with Gasteiger partial charge in [-0.1, -0.05) is 36.4 Å². The second-order valence-electron chi connectivity index (χ2n) is 7.24. The molecule has 4 nitrogen and oxygen atoms in total. The highest BCUT2D eigenvalue weighted by molar-refractivity contribution is 7.13. The van der Waals surface area contributed by atoms with E-state index in [1.165, 1.54) is 0 Å². The van der Waals surface area contributed by atoms with Crippen LogP contribution in [0, 0.1) is 0 Å². The Bertz CT molecular complexity index is 1100. The summed E-state index contributed by atoms with van der Waals surface area (Å²) >= 11 is 1.68. The molecule has 0 aliphatic rings. The van der Waals surface area contributed by atoms with Gasteiger partial charge in [0, 0.05) is 17.4 Å². The lowest BCUT2D eigenvalue weighted by Crippen LogP contribution is -2.27. The van der Waals surface area contributed by atoms with E-state index in [1.807, 2.05) is 56.3 Å². The minimum absolute atomic E-state index is 0.00772. The van der Waals surface area contributed by atoms with E-state index in [0.717, 1.165) is 32.8 Å². The van der Waals surface area contributed by atoms with Crippen LogP contribution in [-0.4, -0.2) is 16.6 Å². The highest BCUT2D eigenvalue weighted by Gasteiger charge is 2.14. The number of benzene rings is 2. The number of hydrogen-bond acceptors (Lipinski definition) is 3. The Morgan fingerprint density at radius 1 is 1.07 bits per heavy atom. The molecule has 2 aromatic heterocycles. The number of hydrogen-bond donors (Lipinski definition) is 1. The lowest BCUT2D eigenvalue weighted by molar-refractivity contribution is -0.121. The molecule has 0 saturated carbocycles. The lowest BCUT2D eigenvalue weighted by Gasteiger charge is -2.12. The number of nitrogens with one attached hydrogen (secondary N) is 1. The van der Waals surface area contributed by atoms with Crippen LogP contribution in [0.4, 0.5) is 0 Å². The molecule has 1 N–H and O–H groups in total. The molecule has 0 aliphatic carbocycles. The average molecular weight is 405 g/mol. The molecule has 0 unspecified atom stereocenters. The SMILES string of the molecule is CC(C)Oc1ccc(CNC(=O)Cn2c(-c3cccs3)cc3ccccc32)cc1. The summed E-state index contributed by atoms with van der Waals surface area (Å²) in [6.45, 7) is 4.79. The molecule has 1 amide bonds. The van der Waals surface area contributed by atoms with Crippen molar-refractivity contribution in [3.63, 3.8) is 0 Å². The van der Waals surface area contributed by atoms with Gasteiger partial charge in [0.05, 0.1) is 16.7 Å². The third-order valence-electron chi connectivity index (χ3n) is 4.67. The van der Waals surface area contributed by atoms with Crippen LogP contribution >= 0.6 is 11.3 Å². The molecule has 0 aliphatic heterocycles. The standard InChI is InChI=1S/C24H24N2O2S/c1-17(2)28-20-11-9-18(10-12-20)15-25-24(27)16-26-21-7-4-3-6-19(21)14-22(26)23-8-5-13-29-23/h3-14,17H,15-16H2,1-2H3,(H,25,27). The molecule has 29 heavy (non-hydrogen) atoms. The van der Waals surface area contributed by atoms with E-state index in [0.29, 0.717) is 6.54 Å². The number of amides is 1. The summed E-state index contributed by atoms with van der Waals surface area (Å²) in [5, 5.41) is 6.24. The Balaban J connectivity index is 1.47. The summed E-state index contributed by atoms with van der Waals surface area (Å²) < 4.78 is 7.76. The number of fused-ring (bicyclic) bond motifs is 1. The number of rotatable bonds is 7. The van der Waals surface area contributed by atoms with Crippen molar-refractivity contribution in [1.29, 1.82) is 0 Å². The van der Waals surface area contributed by atoms with Gasteiger partial charge in [-0.3, -0.25) is 4.79 Å². The summed E-state index contributed by atoms with van der Waals surface area (Å²) in [6, 6.07) is 22.3. The fraction of sp³-hybridized carbons (Fsp3) is 0.208. The zero-order valence-corrected chi connectivity index (χ0v) is 17.4. The summed E-state index contributed by atoms with van der Waals surface area (Å²) in [6.07, 6.45) is 0.148. The summed E-state index contributed by atoms with van der Waals surface area (Å²) in [7, 11) is 0. The smallest absolute Gasteiger partial charge is 0.240 e. The van der Waals surface area contributed by atoms with Crippen LogP contribution in [0.25, 0.3) is 21.5 Å². The van der Waals surface area contributed by atoms with Gasteiger partial charge in [0.2, 0.25) is 5.91 Å². The first-order chi connectivity index (χ1) is 14.1. The van der Waals surface area contributed by atoms with Crippen LogP contribution in [-0.2, 0) is 17.9 Å². The Morgan fingerprint density at radius 3 is 2.59 bits per heavy atom. The summed E-state index contributed by atoms with van der Waals surface area (Å²) in [4.78, 5) is 13.9. The summed E-state index contributed by atoms with van der Waals surface area (Å²) in [5.41, 5.74) is 3.19. The van der Waals surface area contributed by atoms with E-state index in [-0.39, 0.29) is 18.6 Å². The monoisotopic (exact) mass is 404 g/mol. The maximum atomic E-state index is 12.7. The Hall–Kier alpha value is -3.05. The van der Waals surface area contributed by atoms with Crippen LogP contribution in [0.5, 0.6) is 5.75 Å². The number of ether oxygens (including phenoxy) is 1. The van der Waals surface area contributed by atoms with Crippen LogP contribution in [0.1, 0.15) is 19.4 Å². The van der Waals surface area contributed by atoms with Crippen molar-refractivity contribution in [3.05, 3.63) is 77.7 Å². The molecule has 148 valence electrons. The molecular formula is C24H24N2O2S. The predicted octanol–water partition coefficient (Wildman–Crippen LogP) is 5.47. The molecule has 0 saturated heterocycles. The first kappa shape index (κ1) is 19.3. The lowest BCUT2D eigenvalue weighted by atomic mass is 10.2. The molecule has 2 aromatic carbocycles. The number of carbonyl (C=O) groups is 1. The van der Waals surface area contributed by atoms with Gasteiger partial charge >= 0.3 is 0 Å². The highest BCUT2D eigenvalue weighted by Crippen LogP contribution is 2.31. The second kappa shape index (κ2) is 8.53. The summed E-state index contributed by atoms with van der Waals surface area (Å²) in [5.74, 6) is 0.834. The van der Waals surface area contributed by atoms with Crippen molar-refractivity contribution in [1.82, 2.24) is 9.88 Å². The number of thiophene rings is 1. The average Bonchev–Trinajstić information content (AvgIpc) is 3.35. The van der Waals surface area contributed by atoms with Gasteiger partial charge in [-0.15, -0.1) is 11.3 Å². The zero-order valence-electron chi connectivity index (χ0n) is 16.6. The van der Waals surface area contributed by atoms with Gasteiger partial charge in [-0.2, -0.15) is 0 Å². The van der Waals surface area contributed by atoms with Gasteiger partial charge in [-0.05, 0) is 55.1 Å². The van der Waals surface area contributed by atoms with Crippen molar-refractivity contribution in [3.8, 4) is 16.3 Å². The largest absolute Gasteiger partial charge is 0.491 e. The first-order valence-electron chi connectivity index (χ1n) is 9.74. The maximum Gasteiger partial charge on any atom is 0.240 e. The molecule has 0 radical (unpaired) electrons. The van der Waals surface area contributed by atoms with E-state index >= 15 is 0 Å². The van der Waals surface area contributed by atoms with Crippen molar-refractivity contribution in [2.45, 2.75) is 33.0 Å². The third-order valence-corrected chi connectivity index (χ3v) is 5.56. The molecule has 0 fully saturated rings. The normalized spacial score (nSPS) is 11.1. The van der Waals surface area contributed by atoms with Gasteiger partial charge in [0.25, 0.3) is 0 Å². The number of aromatic nitrogens is 1. The molecule has 0 spiro atoms. The van der Waals surface area contributed by atoms with Crippen LogP contribution in [0.3, 0.4) is 0 Å². The van der Waals surface area contributed by atoms with Crippen LogP contribution < -0.4 is 10.1 Å². The van der Waals surface area contributed by atoms with E-state index < -0.39 is 0 Å². The highest BCUT2D eigenvalue weighted by atomic mass is 32.1. The molecule has 4 aromatic rings.